The van der Waals surface area contributed by atoms with Gasteiger partial charge in [-0.25, -0.2) is 0 Å². The molecule has 1 heterocycles. The van der Waals surface area contributed by atoms with Gasteiger partial charge in [-0.1, -0.05) is 23.7 Å². The van der Waals surface area contributed by atoms with Crippen LogP contribution in [0.1, 0.15) is 15.8 Å². The molecule has 1 unspecified atom stereocenters. The number of ether oxygens (including phenoxy) is 1. The molecule has 0 radical (unpaired) electrons. The maximum absolute atomic E-state index is 12.1. The van der Waals surface area contributed by atoms with E-state index < -0.39 is 12.0 Å². The van der Waals surface area contributed by atoms with E-state index >= 15 is 0 Å². The first-order valence-electron chi connectivity index (χ1n) is 5.00. The van der Waals surface area contributed by atoms with Crippen molar-refractivity contribution < 1.29 is 13.5 Å². The summed E-state index contributed by atoms with van der Waals surface area (Å²) in [6, 6.07) is 9.89. The zero-order valence-electron chi connectivity index (χ0n) is 8.95. The summed E-state index contributed by atoms with van der Waals surface area (Å²) in [5, 5.41) is -0.427. The molecule has 0 saturated heterocycles. The quantitative estimate of drug-likeness (QED) is 0.694. The van der Waals surface area contributed by atoms with Crippen LogP contribution < -0.4 is 4.74 Å². The molecule has 0 N–H and O–H groups in total. The van der Waals surface area contributed by atoms with Crippen molar-refractivity contribution in [2.75, 3.05) is 0 Å². The summed E-state index contributed by atoms with van der Waals surface area (Å²) in [5.74, 6) is 0.0933. The second kappa shape index (κ2) is 5.87. The summed E-state index contributed by atoms with van der Waals surface area (Å²) >= 11 is 13.4. The van der Waals surface area contributed by atoms with E-state index in [1.165, 1.54) is 23.5 Å². The van der Waals surface area contributed by atoms with Crippen molar-refractivity contribution in [3.8, 4) is 5.75 Å². The standard InChI is InChI=1S/C12H8Cl2F2OS/c13-10-5-4-9(18-10)11(14)7-2-1-3-8(6-7)17-12(15)16/h1-6,11-12H. The van der Waals surface area contributed by atoms with Gasteiger partial charge in [0.05, 0.1) is 9.71 Å². The maximum atomic E-state index is 12.1. The first-order chi connectivity index (χ1) is 8.56. The lowest BCUT2D eigenvalue weighted by Crippen LogP contribution is -2.02. The minimum atomic E-state index is -2.84. The molecule has 0 fully saturated rings. The fraction of sp³-hybridized carbons (Fsp3) is 0.167. The van der Waals surface area contributed by atoms with E-state index in [0.29, 0.717) is 9.90 Å². The van der Waals surface area contributed by atoms with Gasteiger partial charge in [0.1, 0.15) is 5.75 Å². The van der Waals surface area contributed by atoms with Crippen LogP contribution in [0.3, 0.4) is 0 Å². The van der Waals surface area contributed by atoms with Gasteiger partial charge in [0.2, 0.25) is 0 Å². The number of hydrogen-bond donors (Lipinski definition) is 0. The lowest BCUT2D eigenvalue weighted by molar-refractivity contribution is -0.0498. The smallest absolute Gasteiger partial charge is 0.387 e. The zero-order valence-corrected chi connectivity index (χ0v) is 11.3. The Morgan fingerprint density at radius 2 is 1.94 bits per heavy atom. The third-order valence-corrected chi connectivity index (χ3v) is 4.13. The van der Waals surface area contributed by atoms with Crippen LogP contribution in [0.15, 0.2) is 36.4 Å². The first-order valence-corrected chi connectivity index (χ1v) is 6.63. The zero-order chi connectivity index (χ0) is 13.1. The molecular weight excluding hydrogens is 301 g/mol. The van der Waals surface area contributed by atoms with Crippen molar-refractivity contribution in [1.82, 2.24) is 0 Å². The third-order valence-electron chi connectivity index (χ3n) is 2.22. The van der Waals surface area contributed by atoms with Crippen LogP contribution in [0.2, 0.25) is 4.34 Å². The van der Waals surface area contributed by atoms with Gasteiger partial charge in [-0.15, -0.1) is 22.9 Å². The Morgan fingerprint density at radius 3 is 2.56 bits per heavy atom. The Labute approximate surface area is 117 Å². The van der Waals surface area contributed by atoms with Crippen LogP contribution in [0, 0.1) is 0 Å². The second-order valence-corrected chi connectivity index (χ2v) is 5.64. The van der Waals surface area contributed by atoms with E-state index in [9.17, 15) is 8.78 Å². The molecular formula is C12H8Cl2F2OS. The molecule has 0 aliphatic carbocycles. The van der Waals surface area contributed by atoms with Crippen molar-refractivity contribution in [1.29, 1.82) is 0 Å². The van der Waals surface area contributed by atoms with Crippen molar-refractivity contribution in [3.05, 3.63) is 51.2 Å². The lowest BCUT2D eigenvalue weighted by Gasteiger charge is -2.10. The molecule has 0 aliphatic rings. The van der Waals surface area contributed by atoms with Gasteiger partial charge in [-0.3, -0.25) is 0 Å². The van der Waals surface area contributed by atoms with Crippen LogP contribution >= 0.6 is 34.5 Å². The van der Waals surface area contributed by atoms with Crippen molar-refractivity contribution in [2.24, 2.45) is 0 Å². The van der Waals surface area contributed by atoms with Gasteiger partial charge in [0.25, 0.3) is 0 Å². The molecule has 6 heteroatoms. The fourth-order valence-corrected chi connectivity index (χ4v) is 2.89. The molecule has 1 aromatic carbocycles. The summed E-state index contributed by atoms with van der Waals surface area (Å²) in [7, 11) is 0. The third kappa shape index (κ3) is 3.34. The second-order valence-electron chi connectivity index (χ2n) is 3.46. The molecule has 96 valence electrons. The van der Waals surface area contributed by atoms with Crippen molar-refractivity contribution >= 4 is 34.5 Å². The van der Waals surface area contributed by atoms with E-state index in [-0.39, 0.29) is 5.75 Å². The van der Waals surface area contributed by atoms with Crippen molar-refractivity contribution in [3.63, 3.8) is 0 Å². The van der Waals surface area contributed by atoms with Gasteiger partial charge < -0.3 is 4.74 Å². The first kappa shape index (κ1) is 13.6. The van der Waals surface area contributed by atoms with Crippen LogP contribution in [0.4, 0.5) is 8.78 Å². The molecule has 1 atom stereocenters. The summed E-state index contributed by atoms with van der Waals surface area (Å²) in [6.45, 7) is -2.84. The molecule has 0 bridgehead atoms. The predicted octanol–water partition coefficient (Wildman–Crippen LogP) is 5.33. The number of halogens is 4. The number of thiophene rings is 1. The lowest BCUT2D eigenvalue weighted by atomic mass is 10.1. The van der Waals surface area contributed by atoms with Gasteiger partial charge >= 0.3 is 6.61 Å². The largest absolute Gasteiger partial charge is 0.435 e. The Balaban J connectivity index is 2.22. The average Bonchev–Trinajstić information content (AvgIpc) is 2.74. The summed E-state index contributed by atoms with van der Waals surface area (Å²) in [4.78, 5) is 0.857. The minimum Gasteiger partial charge on any atom is -0.435 e. The van der Waals surface area contributed by atoms with Crippen LogP contribution in [0.25, 0.3) is 0 Å². The Kier molecular flexibility index (Phi) is 4.43. The van der Waals surface area contributed by atoms with E-state index in [1.54, 1.807) is 18.2 Å². The van der Waals surface area contributed by atoms with E-state index in [4.69, 9.17) is 23.2 Å². The summed E-state index contributed by atoms with van der Waals surface area (Å²) < 4.78 is 29.2. The summed E-state index contributed by atoms with van der Waals surface area (Å²) in [5.41, 5.74) is 0.688. The fourth-order valence-electron chi connectivity index (χ4n) is 1.48. The monoisotopic (exact) mass is 308 g/mol. The SMILES string of the molecule is FC(F)Oc1cccc(C(Cl)c2ccc(Cl)s2)c1. The van der Waals surface area contributed by atoms with Gasteiger partial charge in [0.15, 0.2) is 0 Å². The highest BCUT2D eigenvalue weighted by Gasteiger charge is 2.14. The highest BCUT2D eigenvalue weighted by atomic mass is 35.5. The Morgan fingerprint density at radius 1 is 1.17 bits per heavy atom. The topological polar surface area (TPSA) is 9.23 Å². The Bertz CT molecular complexity index is 530. The Hall–Kier alpha value is -0.840. The highest BCUT2D eigenvalue weighted by molar-refractivity contribution is 7.16. The predicted molar refractivity (Wildman–Crippen MR) is 70.1 cm³/mol. The van der Waals surface area contributed by atoms with Crippen LogP contribution in [0.5, 0.6) is 5.75 Å². The number of benzene rings is 1. The molecule has 1 nitrogen and oxygen atoms in total. The van der Waals surface area contributed by atoms with Gasteiger partial charge in [0, 0.05) is 4.88 Å². The normalized spacial score (nSPS) is 12.7. The highest BCUT2D eigenvalue weighted by Crippen LogP contribution is 2.36. The number of rotatable bonds is 4. The van der Waals surface area contributed by atoms with E-state index in [2.05, 4.69) is 4.74 Å². The molecule has 0 saturated carbocycles. The van der Waals surface area contributed by atoms with E-state index in [1.807, 2.05) is 6.07 Å². The summed E-state index contributed by atoms with van der Waals surface area (Å²) in [6.07, 6.45) is 0. The van der Waals surface area contributed by atoms with Crippen LogP contribution in [-0.4, -0.2) is 6.61 Å². The average molecular weight is 309 g/mol. The van der Waals surface area contributed by atoms with E-state index in [0.717, 1.165) is 4.88 Å². The molecule has 18 heavy (non-hydrogen) atoms. The minimum absolute atomic E-state index is 0.0933. The molecule has 0 amide bonds. The van der Waals surface area contributed by atoms with Crippen molar-refractivity contribution in [2.45, 2.75) is 12.0 Å². The molecule has 2 aromatic rings. The molecule has 0 aliphatic heterocycles. The van der Waals surface area contributed by atoms with Crippen LogP contribution in [-0.2, 0) is 0 Å². The maximum Gasteiger partial charge on any atom is 0.387 e. The van der Waals surface area contributed by atoms with Gasteiger partial charge in [-0.05, 0) is 29.8 Å². The number of alkyl halides is 3. The molecule has 1 aromatic heterocycles. The van der Waals surface area contributed by atoms with Gasteiger partial charge in [-0.2, -0.15) is 8.78 Å². The molecule has 0 spiro atoms. The number of hydrogen-bond acceptors (Lipinski definition) is 2. The molecule has 2 rings (SSSR count).